The van der Waals surface area contributed by atoms with Crippen molar-refractivity contribution in [3.8, 4) is 0 Å². The Morgan fingerprint density at radius 1 is 1.40 bits per heavy atom. The van der Waals surface area contributed by atoms with Gasteiger partial charge in [-0.1, -0.05) is 11.6 Å². The highest BCUT2D eigenvalue weighted by Gasteiger charge is 1.95. The third-order valence-electron chi connectivity index (χ3n) is 1.37. The van der Waals surface area contributed by atoms with Crippen LogP contribution in [0.3, 0.4) is 0 Å². The van der Waals surface area contributed by atoms with E-state index in [1.807, 2.05) is 18.2 Å². The molecule has 1 nitrogen and oxygen atoms in total. The van der Waals surface area contributed by atoms with Crippen molar-refractivity contribution in [2.45, 2.75) is 0 Å². The number of halogens is 1. The van der Waals surface area contributed by atoms with Crippen molar-refractivity contribution < 1.29 is 4.42 Å². The minimum absolute atomic E-state index is 0.724. The van der Waals surface area contributed by atoms with Gasteiger partial charge in [0, 0.05) is 15.8 Å². The number of fused-ring (bicyclic) bond motifs is 1. The van der Waals surface area contributed by atoms with Gasteiger partial charge in [-0.15, -0.1) is 0 Å². The van der Waals surface area contributed by atoms with Crippen molar-refractivity contribution in [3.05, 3.63) is 35.7 Å². The molecule has 0 atom stereocenters. The van der Waals surface area contributed by atoms with Crippen LogP contribution in [0.15, 0.2) is 28.9 Å². The van der Waals surface area contributed by atoms with Crippen LogP contribution in [0.25, 0.3) is 10.8 Å². The molecule has 0 amide bonds. The maximum atomic E-state index is 5.72. The van der Waals surface area contributed by atoms with Crippen LogP contribution in [0.2, 0.25) is 5.02 Å². The summed E-state index contributed by atoms with van der Waals surface area (Å²) in [5.41, 5.74) is 0. The van der Waals surface area contributed by atoms with E-state index >= 15 is 0 Å². The Balaban J connectivity index is 2.86. The van der Waals surface area contributed by atoms with E-state index in [2.05, 4.69) is 6.26 Å². The Morgan fingerprint density at radius 3 is 3.20 bits per heavy atom. The molecule has 0 spiro atoms. The molecule has 0 bridgehead atoms. The van der Waals surface area contributed by atoms with Crippen molar-refractivity contribution in [3.63, 3.8) is 0 Å². The molecule has 1 aromatic carbocycles. The Labute approximate surface area is 63.2 Å². The second-order valence-corrected chi connectivity index (χ2v) is 2.51. The van der Waals surface area contributed by atoms with Gasteiger partial charge in [-0.05, 0) is 18.2 Å². The van der Waals surface area contributed by atoms with Crippen molar-refractivity contribution in [2.24, 2.45) is 0 Å². The van der Waals surface area contributed by atoms with Gasteiger partial charge in [0.1, 0.15) is 0 Å². The lowest BCUT2D eigenvalue weighted by atomic mass is 10.2. The van der Waals surface area contributed by atoms with Gasteiger partial charge in [-0.3, -0.25) is 0 Å². The molecular formula is C8H4ClO. The largest absolute Gasteiger partial charge is 0.460 e. The van der Waals surface area contributed by atoms with Crippen molar-refractivity contribution >= 4 is 22.4 Å². The van der Waals surface area contributed by atoms with E-state index in [0.717, 1.165) is 15.8 Å². The summed E-state index contributed by atoms with van der Waals surface area (Å²) >= 11 is 5.72. The molecule has 0 saturated heterocycles. The predicted octanol–water partition coefficient (Wildman–Crippen LogP) is 2.89. The lowest BCUT2D eigenvalue weighted by Gasteiger charge is -1.86. The summed E-state index contributed by atoms with van der Waals surface area (Å²) in [6, 6.07) is 5.54. The van der Waals surface area contributed by atoms with Crippen LogP contribution in [-0.4, -0.2) is 0 Å². The van der Waals surface area contributed by atoms with Gasteiger partial charge in [0.25, 0.3) is 0 Å². The highest BCUT2D eigenvalue weighted by Crippen LogP contribution is 2.18. The molecule has 49 valence electrons. The summed E-state index contributed by atoms with van der Waals surface area (Å²) in [4.78, 5) is 0. The molecule has 10 heavy (non-hydrogen) atoms. The summed E-state index contributed by atoms with van der Waals surface area (Å²) in [6.45, 7) is 0. The number of hydrogen-bond donors (Lipinski definition) is 0. The molecule has 0 aliphatic heterocycles. The zero-order chi connectivity index (χ0) is 6.97. The molecular weight excluding hydrogens is 148 g/mol. The van der Waals surface area contributed by atoms with Crippen LogP contribution >= 0.6 is 11.6 Å². The third-order valence-corrected chi connectivity index (χ3v) is 1.60. The summed E-state index contributed by atoms with van der Waals surface area (Å²) in [5.74, 6) is 0. The predicted molar refractivity (Wildman–Crippen MR) is 40.1 cm³/mol. The normalized spacial score (nSPS) is 10.5. The maximum Gasteiger partial charge on any atom is 0.177 e. The Kier molecular flexibility index (Phi) is 1.18. The van der Waals surface area contributed by atoms with Crippen LogP contribution in [0.1, 0.15) is 0 Å². The van der Waals surface area contributed by atoms with Gasteiger partial charge in [0.15, 0.2) is 6.26 Å². The molecule has 0 unspecified atom stereocenters. The molecule has 0 fully saturated rings. The van der Waals surface area contributed by atoms with Gasteiger partial charge in [0.2, 0.25) is 0 Å². The van der Waals surface area contributed by atoms with E-state index in [-0.39, 0.29) is 0 Å². The average Bonchev–Trinajstić information content (AvgIpc) is 2.33. The third kappa shape index (κ3) is 0.792. The minimum Gasteiger partial charge on any atom is -0.460 e. The molecule has 1 radical (unpaired) electrons. The van der Waals surface area contributed by atoms with E-state index in [9.17, 15) is 0 Å². The zero-order valence-electron chi connectivity index (χ0n) is 5.10. The molecule has 0 aliphatic rings. The molecule has 0 saturated carbocycles. The summed E-state index contributed by atoms with van der Waals surface area (Å²) in [5, 5.41) is 2.68. The van der Waals surface area contributed by atoms with E-state index in [4.69, 9.17) is 16.0 Å². The second kappa shape index (κ2) is 2.03. The first-order valence-electron chi connectivity index (χ1n) is 2.91. The van der Waals surface area contributed by atoms with Gasteiger partial charge in [0.05, 0.1) is 6.26 Å². The summed E-state index contributed by atoms with van der Waals surface area (Å²) < 4.78 is 4.84. The fourth-order valence-corrected chi connectivity index (χ4v) is 1.06. The van der Waals surface area contributed by atoms with Crippen molar-refractivity contribution in [1.82, 2.24) is 0 Å². The number of rotatable bonds is 0. The highest BCUT2D eigenvalue weighted by molar-refractivity contribution is 6.31. The van der Waals surface area contributed by atoms with Gasteiger partial charge >= 0.3 is 0 Å². The SMILES string of the molecule is Clc1ccc2[c]occ2c1. The van der Waals surface area contributed by atoms with Gasteiger partial charge < -0.3 is 4.42 Å². The second-order valence-electron chi connectivity index (χ2n) is 2.07. The minimum atomic E-state index is 0.724. The molecule has 2 aromatic rings. The zero-order valence-corrected chi connectivity index (χ0v) is 5.85. The molecule has 1 heterocycles. The van der Waals surface area contributed by atoms with E-state index in [1.165, 1.54) is 0 Å². The maximum absolute atomic E-state index is 5.72. The topological polar surface area (TPSA) is 13.1 Å². The van der Waals surface area contributed by atoms with E-state index in [1.54, 1.807) is 6.26 Å². The van der Waals surface area contributed by atoms with Crippen molar-refractivity contribution in [2.75, 3.05) is 0 Å². The fraction of sp³-hybridized carbons (Fsp3) is 0. The first kappa shape index (κ1) is 5.81. The lowest BCUT2D eigenvalue weighted by molar-refractivity contribution is 0.563. The van der Waals surface area contributed by atoms with Crippen LogP contribution in [0, 0.1) is 6.26 Å². The molecule has 0 N–H and O–H groups in total. The van der Waals surface area contributed by atoms with Crippen molar-refractivity contribution in [1.29, 1.82) is 0 Å². The first-order valence-corrected chi connectivity index (χ1v) is 3.28. The average molecular weight is 152 g/mol. The highest BCUT2D eigenvalue weighted by atomic mass is 35.5. The van der Waals surface area contributed by atoms with E-state index < -0.39 is 0 Å². The molecule has 1 aromatic heterocycles. The van der Waals surface area contributed by atoms with E-state index in [0.29, 0.717) is 0 Å². The van der Waals surface area contributed by atoms with Crippen LogP contribution in [-0.2, 0) is 0 Å². The van der Waals surface area contributed by atoms with Gasteiger partial charge in [-0.2, -0.15) is 0 Å². The van der Waals surface area contributed by atoms with Gasteiger partial charge in [-0.25, -0.2) is 0 Å². The number of furan rings is 1. The fourth-order valence-electron chi connectivity index (χ4n) is 0.880. The Bertz CT molecular complexity index is 351. The molecule has 2 rings (SSSR count). The quantitative estimate of drug-likeness (QED) is 0.564. The summed E-state index contributed by atoms with van der Waals surface area (Å²) in [6.07, 6.45) is 4.34. The standard InChI is InChI=1S/C8H4ClO/c9-8-2-1-6-4-10-5-7(6)3-8/h1-3,5H. The van der Waals surface area contributed by atoms with Crippen LogP contribution in [0.5, 0.6) is 0 Å². The molecule has 0 aliphatic carbocycles. The first-order chi connectivity index (χ1) is 4.86. The Hall–Kier alpha value is -0.950. The Morgan fingerprint density at radius 2 is 2.30 bits per heavy atom. The smallest absolute Gasteiger partial charge is 0.177 e. The van der Waals surface area contributed by atoms with Crippen LogP contribution < -0.4 is 0 Å². The monoisotopic (exact) mass is 151 g/mol. The summed E-state index contributed by atoms with van der Waals surface area (Å²) in [7, 11) is 0. The molecule has 2 heteroatoms. The lowest BCUT2D eigenvalue weighted by Crippen LogP contribution is -1.62. The number of hydrogen-bond acceptors (Lipinski definition) is 1. The number of benzene rings is 1. The van der Waals surface area contributed by atoms with Crippen LogP contribution in [0.4, 0.5) is 0 Å².